The summed E-state index contributed by atoms with van der Waals surface area (Å²) in [6.45, 7) is 6.53. The molecule has 0 N–H and O–H groups in total. The van der Waals surface area contributed by atoms with Gasteiger partial charge in [-0.3, -0.25) is 0 Å². The molecule has 2 rings (SSSR count). The van der Waals surface area contributed by atoms with Crippen LogP contribution in [0, 0.1) is 0 Å². The summed E-state index contributed by atoms with van der Waals surface area (Å²) in [5, 5.41) is 0. The molecule has 0 bridgehead atoms. The van der Waals surface area contributed by atoms with Gasteiger partial charge in [0, 0.05) is 37.9 Å². The third-order valence-electron chi connectivity index (χ3n) is 3.64. The molecule has 0 aromatic carbocycles. The molecule has 0 aliphatic rings. The Labute approximate surface area is 121 Å². The molecule has 0 saturated heterocycles. The molecule has 20 heavy (non-hydrogen) atoms. The van der Waals surface area contributed by atoms with E-state index in [1.165, 1.54) is 38.5 Å². The zero-order valence-electron chi connectivity index (χ0n) is 12.8. The Morgan fingerprint density at radius 2 is 1.20 bits per heavy atom. The van der Waals surface area contributed by atoms with E-state index in [2.05, 4.69) is 45.3 Å². The number of unbranched alkanes of at least 4 members (excludes halogenated alkanes) is 4. The molecule has 0 aliphatic carbocycles. The van der Waals surface area contributed by atoms with Gasteiger partial charge in [0.2, 0.25) is 0 Å². The number of hydrogen-bond acceptors (Lipinski definition) is 2. The fourth-order valence-electron chi connectivity index (χ4n) is 2.46. The van der Waals surface area contributed by atoms with Gasteiger partial charge in [-0.25, -0.2) is 9.97 Å². The highest BCUT2D eigenvalue weighted by molar-refractivity contribution is 5.44. The van der Waals surface area contributed by atoms with E-state index in [0.717, 1.165) is 24.7 Å². The molecule has 110 valence electrons. The normalized spacial score (nSPS) is 11.1. The summed E-state index contributed by atoms with van der Waals surface area (Å²) in [4.78, 5) is 9.01. The highest BCUT2D eigenvalue weighted by Gasteiger charge is 2.11. The van der Waals surface area contributed by atoms with Crippen LogP contribution in [0.3, 0.4) is 0 Å². The van der Waals surface area contributed by atoms with Gasteiger partial charge in [-0.2, -0.15) is 0 Å². The summed E-state index contributed by atoms with van der Waals surface area (Å²) in [5.41, 5.74) is 0. The lowest BCUT2D eigenvalue weighted by Gasteiger charge is -2.10. The van der Waals surface area contributed by atoms with E-state index in [0.29, 0.717) is 0 Å². The zero-order chi connectivity index (χ0) is 14.2. The van der Waals surface area contributed by atoms with Crippen LogP contribution in [0.1, 0.15) is 52.4 Å². The van der Waals surface area contributed by atoms with Crippen molar-refractivity contribution >= 4 is 0 Å². The van der Waals surface area contributed by atoms with E-state index >= 15 is 0 Å². The van der Waals surface area contributed by atoms with Crippen molar-refractivity contribution in [2.45, 2.75) is 65.5 Å². The third kappa shape index (κ3) is 3.71. The summed E-state index contributed by atoms with van der Waals surface area (Å²) < 4.78 is 4.46. The summed E-state index contributed by atoms with van der Waals surface area (Å²) >= 11 is 0. The predicted octanol–water partition coefficient (Wildman–Crippen LogP) is 4.13. The summed E-state index contributed by atoms with van der Waals surface area (Å²) in [6, 6.07) is 0. The molecule has 0 spiro atoms. The summed E-state index contributed by atoms with van der Waals surface area (Å²) in [6.07, 6.45) is 15.3. The molecule has 4 heteroatoms. The third-order valence-corrected chi connectivity index (χ3v) is 3.64. The van der Waals surface area contributed by atoms with Crippen molar-refractivity contribution in [3.8, 4) is 11.6 Å². The number of imidazole rings is 2. The lowest BCUT2D eigenvalue weighted by Crippen LogP contribution is -2.06. The molecule has 0 radical (unpaired) electrons. The summed E-state index contributed by atoms with van der Waals surface area (Å²) in [5.74, 6) is 2.00. The van der Waals surface area contributed by atoms with Gasteiger partial charge in [-0.15, -0.1) is 0 Å². The van der Waals surface area contributed by atoms with Crippen LogP contribution in [0.25, 0.3) is 11.6 Å². The molecule has 0 amide bonds. The number of nitrogens with zero attached hydrogens (tertiary/aromatic N) is 4. The molecule has 4 nitrogen and oxygen atoms in total. The van der Waals surface area contributed by atoms with Crippen LogP contribution >= 0.6 is 0 Å². The standard InChI is InChI=1S/C16H26N4/c1-3-5-7-11-19-13-9-17-15(19)16-18-10-14-20(16)12-8-6-4-2/h9-10,13-14H,3-8,11-12H2,1-2H3. The van der Waals surface area contributed by atoms with Crippen LogP contribution in [0.15, 0.2) is 24.8 Å². The van der Waals surface area contributed by atoms with E-state index < -0.39 is 0 Å². The second-order valence-corrected chi connectivity index (χ2v) is 5.30. The van der Waals surface area contributed by atoms with Crippen LogP contribution in [0.2, 0.25) is 0 Å². The first-order chi connectivity index (χ1) is 9.86. The Kier molecular flexibility index (Phi) is 5.84. The van der Waals surface area contributed by atoms with Crippen LogP contribution < -0.4 is 0 Å². The fourth-order valence-corrected chi connectivity index (χ4v) is 2.46. The fraction of sp³-hybridized carbons (Fsp3) is 0.625. The topological polar surface area (TPSA) is 35.6 Å². The van der Waals surface area contributed by atoms with E-state index in [9.17, 15) is 0 Å². The number of hydrogen-bond donors (Lipinski definition) is 0. The van der Waals surface area contributed by atoms with Crippen molar-refractivity contribution in [1.82, 2.24) is 19.1 Å². The van der Waals surface area contributed by atoms with Crippen LogP contribution in [0.4, 0.5) is 0 Å². The van der Waals surface area contributed by atoms with Crippen LogP contribution in [-0.2, 0) is 13.1 Å². The highest BCUT2D eigenvalue weighted by atomic mass is 15.2. The molecule has 0 unspecified atom stereocenters. The monoisotopic (exact) mass is 274 g/mol. The number of aromatic nitrogens is 4. The highest BCUT2D eigenvalue weighted by Crippen LogP contribution is 2.17. The Balaban J connectivity index is 2.07. The zero-order valence-corrected chi connectivity index (χ0v) is 12.8. The molecule has 2 aromatic heterocycles. The molecule has 0 aliphatic heterocycles. The van der Waals surface area contributed by atoms with Crippen LogP contribution in [-0.4, -0.2) is 19.1 Å². The maximum Gasteiger partial charge on any atom is 0.176 e. The van der Waals surface area contributed by atoms with Crippen molar-refractivity contribution in [3.63, 3.8) is 0 Å². The van der Waals surface area contributed by atoms with E-state index in [4.69, 9.17) is 0 Å². The molecule has 0 saturated carbocycles. The molecule has 2 heterocycles. The molecule has 2 aromatic rings. The van der Waals surface area contributed by atoms with Crippen molar-refractivity contribution in [2.24, 2.45) is 0 Å². The smallest absolute Gasteiger partial charge is 0.176 e. The van der Waals surface area contributed by atoms with E-state index in [1.54, 1.807) is 0 Å². The summed E-state index contributed by atoms with van der Waals surface area (Å²) in [7, 11) is 0. The van der Waals surface area contributed by atoms with Crippen molar-refractivity contribution in [1.29, 1.82) is 0 Å². The van der Waals surface area contributed by atoms with E-state index in [1.807, 2.05) is 12.4 Å². The first kappa shape index (κ1) is 14.8. The second-order valence-electron chi connectivity index (χ2n) is 5.30. The Morgan fingerprint density at radius 1 is 0.750 bits per heavy atom. The molecular formula is C16H26N4. The maximum absolute atomic E-state index is 4.51. The van der Waals surface area contributed by atoms with E-state index in [-0.39, 0.29) is 0 Å². The Bertz CT molecular complexity index is 452. The van der Waals surface area contributed by atoms with Gasteiger partial charge >= 0.3 is 0 Å². The van der Waals surface area contributed by atoms with Crippen molar-refractivity contribution in [3.05, 3.63) is 24.8 Å². The number of aryl methyl sites for hydroxylation is 2. The Morgan fingerprint density at radius 3 is 1.60 bits per heavy atom. The minimum absolute atomic E-state index is 1.00. The van der Waals surface area contributed by atoms with Gasteiger partial charge in [-0.1, -0.05) is 39.5 Å². The minimum Gasteiger partial charge on any atom is -0.328 e. The van der Waals surface area contributed by atoms with Gasteiger partial charge in [0.25, 0.3) is 0 Å². The molecule has 0 atom stereocenters. The largest absolute Gasteiger partial charge is 0.328 e. The van der Waals surface area contributed by atoms with Gasteiger partial charge in [0.05, 0.1) is 0 Å². The lowest BCUT2D eigenvalue weighted by molar-refractivity contribution is 0.587. The number of rotatable bonds is 9. The van der Waals surface area contributed by atoms with Crippen LogP contribution in [0.5, 0.6) is 0 Å². The first-order valence-electron chi connectivity index (χ1n) is 7.89. The maximum atomic E-state index is 4.51. The lowest BCUT2D eigenvalue weighted by atomic mass is 10.2. The van der Waals surface area contributed by atoms with Crippen molar-refractivity contribution in [2.75, 3.05) is 0 Å². The van der Waals surface area contributed by atoms with Gasteiger partial charge in [-0.05, 0) is 12.8 Å². The van der Waals surface area contributed by atoms with Crippen molar-refractivity contribution < 1.29 is 0 Å². The molecular weight excluding hydrogens is 248 g/mol. The quantitative estimate of drug-likeness (QED) is 0.645. The predicted molar refractivity (Wildman–Crippen MR) is 82.5 cm³/mol. The van der Waals surface area contributed by atoms with Gasteiger partial charge in [0.1, 0.15) is 0 Å². The second kappa shape index (κ2) is 7.88. The average molecular weight is 274 g/mol. The van der Waals surface area contributed by atoms with Gasteiger partial charge < -0.3 is 9.13 Å². The first-order valence-corrected chi connectivity index (χ1v) is 7.89. The SMILES string of the molecule is CCCCCn1ccnc1-c1nccn1CCCCC. The van der Waals surface area contributed by atoms with Gasteiger partial charge in [0.15, 0.2) is 11.6 Å². The average Bonchev–Trinajstić information content (AvgIpc) is 3.08. The minimum atomic E-state index is 1.00. The molecule has 0 fully saturated rings. The Hall–Kier alpha value is -1.58.